The molecule has 1 atom stereocenters. The van der Waals surface area contributed by atoms with E-state index in [0.29, 0.717) is 23.6 Å². The van der Waals surface area contributed by atoms with Crippen LogP contribution in [0, 0.1) is 0 Å². The number of pyridine rings is 1. The fourth-order valence-corrected chi connectivity index (χ4v) is 3.28. The van der Waals surface area contributed by atoms with Crippen LogP contribution in [0.5, 0.6) is 5.75 Å². The van der Waals surface area contributed by atoms with Crippen molar-refractivity contribution in [3.63, 3.8) is 0 Å². The average Bonchev–Trinajstić information content (AvgIpc) is 3.01. The molecular weight excluding hydrogens is 314 g/mol. The second-order valence-corrected chi connectivity index (χ2v) is 6.02. The topological polar surface area (TPSA) is 94.3 Å². The number of aromatic nitrogens is 1. The molecule has 6 nitrogen and oxygen atoms in total. The van der Waals surface area contributed by atoms with Gasteiger partial charge in [-0.05, 0) is 12.5 Å². The lowest BCUT2D eigenvalue weighted by molar-refractivity contribution is -0.119. The lowest BCUT2D eigenvalue weighted by Crippen LogP contribution is -2.30. The summed E-state index contributed by atoms with van der Waals surface area (Å²) in [6, 6.07) is 1.66. The summed E-state index contributed by atoms with van der Waals surface area (Å²) in [7, 11) is 0. The molecule has 3 heterocycles. The first kappa shape index (κ1) is 14.1. The summed E-state index contributed by atoms with van der Waals surface area (Å²) >= 11 is 7.35. The predicted octanol–water partition coefficient (Wildman–Crippen LogP) is 1.71. The van der Waals surface area contributed by atoms with E-state index < -0.39 is 5.91 Å². The monoisotopic (exact) mass is 325 g/mol. The number of nitrogens with two attached hydrogens (primary N) is 1. The Balaban J connectivity index is 1.81. The summed E-state index contributed by atoms with van der Waals surface area (Å²) in [5.41, 5.74) is 5.27. The van der Waals surface area contributed by atoms with E-state index in [1.165, 1.54) is 11.3 Å². The van der Waals surface area contributed by atoms with Crippen LogP contribution < -0.4 is 15.8 Å². The Bertz CT molecular complexity index is 731. The predicted molar refractivity (Wildman–Crippen MR) is 79.8 cm³/mol. The zero-order valence-corrected chi connectivity index (χ0v) is 12.5. The molecule has 110 valence electrons. The van der Waals surface area contributed by atoms with Gasteiger partial charge in [0.05, 0.1) is 16.5 Å². The first-order valence-corrected chi connectivity index (χ1v) is 7.60. The number of carbonyl (C=O) groups is 2. The van der Waals surface area contributed by atoms with Gasteiger partial charge in [-0.3, -0.25) is 9.59 Å². The molecule has 1 saturated heterocycles. The fourth-order valence-electron chi connectivity index (χ4n) is 2.19. The van der Waals surface area contributed by atoms with Gasteiger partial charge in [0.25, 0.3) is 5.91 Å². The Morgan fingerprint density at radius 1 is 1.62 bits per heavy atom. The Kier molecular flexibility index (Phi) is 3.69. The molecule has 1 aliphatic rings. The van der Waals surface area contributed by atoms with E-state index in [2.05, 4.69) is 10.3 Å². The number of halogens is 1. The molecule has 21 heavy (non-hydrogen) atoms. The van der Waals surface area contributed by atoms with Crippen LogP contribution in [0.3, 0.4) is 0 Å². The van der Waals surface area contributed by atoms with E-state index in [9.17, 15) is 9.59 Å². The van der Waals surface area contributed by atoms with Crippen LogP contribution in [0.4, 0.5) is 0 Å². The number of amides is 2. The summed E-state index contributed by atoms with van der Waals surface area (Å²) in [5, 5.41) is 5.57. The highest BCUT2D eigenvalue weighted by atomic mass is 35.5. The molecule has 0 bridgehead atoms. The molecular formula is C13H12ClN3O3S. The quantitative estimate of drug-likeness (QED) is 0.894. The minimum absolute atomic E-state index is 0.0285. The number of fused-ring (bicyclic) bond motifs is 1. The molecule has 2 aromatic rings. The number of primary amides is 1. The molecule has 0 saturated carbocycles. The highest BCUT2D eigenvalue weighted by Crippen LogP contribution is 2.34. The highest BCUT2D eigenvalue weighted by Gasteiger charge is 2.22. The summed E-state index contributed by atoms with van der Waals surface area (Å²) in [6.45, 7) is 0.396. The van der Waals surface area contributed by atoms with Crippen molar-refractivity contribution < 1.29 is 14.3 Å². The Morgan fingerprint density at radius 3 is 3.10 bits per heavy atom. The van der Waals surface area contributed by atoms with Gasteiger partial charge in [-0.1, -0.05) is 11.6 Å². The number of nitrogens with zero attached hydrogens (tertiary/aromatic N) is 1. The Labute approximate surface area is 129 Å². The number of hydrogen-bond donors (Lipinski definition) is 2. The number of carbonyl (C=O) groups excluding carboxylic acids is 2. The molecule has 2 aromatic heterocycles. The Hall–Kier alpha value is -1.86. The molecule has 0 radical (unpaired) electrons. The maximum Gasteiger partial charge on any atom is 0.268 e. The van der Waals surface area contributed by atoms with Gasteiger partial charge in [-0.25, -0.2) is 4.98 Å². The first-order valence-electron chi connectivity index (χ1n) is 6.34. The number of hydrogen-bond acceptors (Lipinski definition) is 5. The molecule has 1 fully saturated rings. The van der Waals surface area contributed by atoms with Crippen molar-refractivity contribution in [3.05, 3.63) is 22.2 Å². The van der Waals surface area contributed by atoms with Crippen molar-refractivity contribution in [2.75, 3.05) is 6.61 Å². The van der Waals surface area contributed by atoms with Crippen molar-refractivity contribution in [2.24, 2.45) is 5.73 Å². The molecule has 0 aromatic carbocycles. The molecule has 1 unspecified atom stereocenters. The van der Waals surface area contributed by atoms with E-state index in [0.717, 1.165) is 11.8 Å². The molecule has 2 amide bonds. The smallest absolute Gasteiger partial charge is 0.268 e. The van der Waals surface area contributed by atoms with Gasteiger partial charge in [0.2, 0.25) is 5.91 Å². The summed E-state index contributed by atoms with van der Waals surface area (Å²) in [6.07, 6.45) is 1.31. The summed E-state index contributed by atoms with van der Waals surface area (Å²) < 4.78 is 5.73. The van der Waals surface area contributed by atoms with Gasteiger partial charge in [-0.2, -0.15) is 0 Å². The number of thiophene rings is 1. The number of nitrogens with one attached hydrogen (secondary N) is 1. The van der Waals surface area contributed by atoms with E-state index in [4.69, 9.17) is 22.1 Å². The van der Waals surface area contributed by atoms with E-state index in [1.54, 1.807) is 11.4 Å². The number of ether oxygens (including phenoxy) is 1. The van der Waals surface area contributed by atoms with Crippen LogP contribution in [0.2, 0.25) is 5.02 Å². The third-order valence-corrected chi connectivity index (χ3v) is 4.40. The van der Waals surface area contributed by atoms with Gasteiger partial charge in [0, 0.05) is 11.8 Å². The summed E-state index contributed by atoms with van der Waals surface area (Å²) in [4.78, 5) is 27.1. The standard InChI is InChI=1S/C13H12ClN3O3S/c14-8-3-7-9(20-4-6-1-2-10(18)16-6)5-21-13(7)17-11(8)12(15)19/h3,5-6H,1-2,4H2,(H2,15,19)(H,16,18). The molecule has 8 heteroatoms. The second-order valence-electron chi connectivity index (χ2n) is 4.75. The first-order chi connectivity index (χ1) is 10.0. The van der Waals surface area contributed by atoms with Gasteiger partial charge >= 0.3 is 0 Å². The lowest BCUT2D eigenvalue weighted by Gasteiger charge is -2.11. The molecule has 0 spiro atoms. The van der Waals surface area contributed by atoms with Crippen LogP contribution in [0.25, 0.3) is 10.2 Å². The highest BCUT2D eigenvalue weighted by molar-refractivity contribution is 7.17. The van der Waals surface area contributed by atoms with E-state index in [1.807, 2.05) is 0 Å². The number of rotatable bonds is 4. The van der Waals surface area contributed by atoms with E-state index >= 15 is 0 Å². The SMILES string of the molecule is NC(=O)c1nc2scc(OCC3CCC(=O)N3)c2cc1Cl. The third-order valence-electron chi connectivity index (χ3n) is 3.24. The third kappa shape index (κ3) is 2.79. The van der Waals surface area contributed by atoms with Gasteiger partial charge < -0.3 is 15.8 Å². The fraction of sp³-hybridized carbons (Fsp3) is 0.308. The molecule has 3 rings (SSSR count). The normalized spacial score (nSPS) is 18.0. The van der Waals surface area contributed by atoms with Crippen molar-refractivity contribution in [1.82, 2.24) is 10.3 Å². The van der Waals surface area contributed by atoms with Crippen LogP contribution in [-0.2, 0) is 4.79 Å². The minimum atomic E-state index is -0.661. The zero-order valence-electron chi connectivity index (χ0n) is 10.9. The maximum absolute atomic E-state index is 11.2. The largest absolute Gasteiger partial charge is 0.490 e. The lowest BCUT2D eigenvalue weighted by atomic mass is 10.2. The maximum atomic E-state index is 11.2. The van der Waals surface area contributed by atoms with Crippen LogP contribution in [-0.4, -0.2) is 29.4 Å². The molecule has 3 N–H and O–H groups in total. The van der Waals surface area contributed by atoms with Gasteiger partial charge in [0.15, 0.2) is 0 Å². The summed E-state index contributed by atoms with van der Waals surface area (Å²) in [5.74, 6) is 0.0302. The van der Waals surface area contributed by atoms with Crippen molar-refractivity contribution in [3.8, 4) is 5.75 Å². The van der Waals surface area contributed by atoms with Crippen molar-refractivity contribution in [1.29, 1.82) is 0 Å². The zero-order chi connectivity index (χ0) is 15.0. The second kappa shape index (κ2) is 5.50. The van der Waals surface area contributed by atoms with Crippen molar-refractivity contribution >= 4 is 45.0 Å². The minimum Gasteiger partial charge on any atom is -0.490 e. The van der Waals surface area contributed by atoms with Crippen LogP contribution in [0.15, 0.2) is 11.4 Å². The molecule has 0 aliphatic carbocycles. The Morgan fingerprint density at radius 2 is 2.43 bits per heavy atom. The van der Waals surface area contributed by atoms with Crippen LogP contribution in [0.1, 0.15) is 23.3 Å². The van der Waals surface area contributed by atoms with Crippen LogP contribution >= 0.6 is 22.9 Å². The van der Waals surface area contributed by atoms with Gasteiger partial charge in [-0.15, -0.1) is 11.3 Å². The van der Waals surface area contributed by atoms with E-state index in [-0.39, 0.29) is 22.7 Å². The van der Waals surface area contributed by atoms with Gasteiger partial charge in [0.1, 0.15) is 22.9 Å². The van der Waals surface area contributed by atoms with Crippen molar-refractivity contribution in [2.45, 2.75) is 18.9 Å². The molecule has 1 aliphatic heterocycles. The average molecular weight is 326 g/mol.